The number of hydrogen-bond donors (Lipinski definition) is 0. The minimum absolute atomic E-state index is 0.0653. The highest BCUT2D eigenvalue weighted by molar-refractivity contribution is 7.17. The van der Waals surface area contributed by atoms with Gasteiger partial charge < -0.3 is 14.0 Å². The monoisotopic (exact) mass is 445 g/mol. The molecule has 4 heterocycles. The van der Waals surface area contributed by atoms with Crippen molar-refractivity contribution in [2.75, 3.05) is 7.05 Å². The van der Waals surface area contributed by atoms with Crippen molar-refractivity contribution in [1.29, 1.82) is 0 Å². The third-order valence-corrected chi connectivity index (χ3v) is 6.25. The van der Waals surface area contributed by atoms with Crippen molar-refractivity contribution in [2.45, 2.75) is 27.0 Å². The summed E-state index contributed by atoms with van der Waals surface area (Å²) in [5.41, 5.74) is 4.26. The van der Waals surface area contributed by atoms with Crippen LogP contribution in [0.4, 0.5) is 0 Å². The Hall–Kier alpha value is -3.65. The minimum atomic E-state index is -0.0653. The molecule has 5 aromatic rings. The fourth-order valence-corrected chi connectivity index (χ4v) is 4.64. The number of ether oxygens (including phenoxy) is 1. The van der Waals surface area contributed by atoms with E-state index < -0.39 is 0 Å². The van der Waals surface area contributed by atoms with Crippen LogP contribution in [0.1, 0.15) is 32.3 Å². The molecule has 0 aliphatic carbocycles. The number of aromatic nitrogens is 4. The number of rotatable bonds is 6. The van der Waals surface area contributed by atoms with Crippen LogP contribution < -0.4 is 4.74 Å². The van der Waals surface area contributed by atoms with Gasteiger partial charge in [0, 0.05) is 36.1 Å². The maximum atomic E-state index is 13.1. The molecule has 0 aliphatic heterocycles. The standard InChI is InChI=1S/C24H23N5O2S/c1-16-12-29-21(17(2)25-24(29)32-16)14-27(3)23(30)18-7-6-8-20(11-18)31-15-19-13-28-10-5-4-9-22(28)26-19/h4-13H,14-15H2,1-3H3. The van der Waals surface area contributed by atoms with Crippen molar-refractivity contribution in [3.05, 3.63) is 88.6 Å². The second kappa shape index (κ2) is 8.12. The number of imidazole rings is 2. The predicted molar refractivity (Wildman–Crippen MR) is 124 cm³/mol. The number of pyridine rings is 1. The second-order valence-corrected chi connectivity index (χ2v) is 9.03. The SMILES string of the molecule is Cc1cn2c(CN(C)C(=O)c3cccc(OCc4cn5ccccc5n4)c3)c(C)nc2s1. The maximum absolute atomic E-state index is 13.1. The lowest BCUT2D eigenvalue weighted by atomic mass is 10.2. The third kappa shape index (κ3) is 3.85. The van der Waals surface area contributed by atoms with Crippen LogP contribution in [0.15, 0.2) is 61.1 Å². The van der Waals surface area contributed by atoms with E-state index in [4.69, 9.17) is 4.74 Å². The molecule has 32 heavy (non-hydrogen) atoms. The number of carbonyl (C=O) groups is 1. The summed E-state index contributed by atoms with van der Waals surface area (Å²) in [5, 5.41) is 0. The van der Waals surface area contributed by atoms with E-state index in [9.17, 15) is 4.79 Å². The van der Waals surface area contributed by atoms with E-state index in [1.165, 1.54) is 4.88 Å². The van der Waals surface area contributed by atoms with Crippen LogP contribution in [0.25, 0.3) is 10.6 Å². The summed E-state index contributed by atoms with van der Waals surface area (Å²) in [6, 6.07) is 13.1. The Labute approximate surface area is 189 Å². The molecule has 1 aromatic carbocycles. The normalized spacial score (nSPS) is 11.3. The number of fused-ring (bicyclic) bond motifs is 2. The van der Waals surface area contributed by atoms with E-state index in [1.54, 1.807) is 22.3 Å². The van der Waals surface area contributed by atoms with Gasteiger partial charge in [-0.1, -0.05) is 12.1 Å². The van der Waals surface area contributed by atoms with Crippen molar-refractivity contribution in [1.82, 2.24) is 23.7 Å². The number of aryl methyl sites for hydroxylation is 2. The van der Waals surface area contributed by atoms with Crippen LogP contribution in [0.3, 0.4) is 0 Å². The van der Waals surface area contributed by atoms with E-state index in [2.05, 4.69) is 27.5 Å². The lowest BCUT2D eigenvalue weighted by Gasteiger charge is -2.18. The molecule has 0 bridgehead atoms. The van der Waals surface area contributed by atoms with Crippen LogP contribution in [0.5, 0.6) is 5.75 Å². The molecule has 0 N–H and O–H groups in total. The minimum Gasteiger partial charge on any atom is -0.487 e. The summed E-state index contributed by atoms with van der Waals surface area (Å²) in [7, 11) is 1.81. The van der Waals surface area contributed by atoms with Gasteiger partial charge in [-0.2, -0.15) is 0 Å². The summed E-state index contributed by atoms with van der Waals surface area (Å²) in [4.78, 5) is 26.1. The van der Waals surface area contributed by atoms with Crippen LogP contribution in [-0.2, 0) is 13.2 Å². The highest BCUT2D eigenvalue weighted by atomic mass is 32.1. The van der Waals surface area contributed by atoms with Crippen LogP contribution in [0, 0.1) is 13.8 Å². The van der Waals surface area contributed by atoms with Gasteiger partial charge in [0.05, 0.1) is 23.6 Å². The van der Waals surface area contributed by atoms with Crippen molar-refractivity contribution in [3.8, 4) is 5.75 Å². The van der Waals surface area contributed by atoms with Gasteiger partial charge in [-0.15, -0.1) is 11.3 Å². The fourth-order valence-electron chi connectivity index (χ4n) is 3.75. The van der Waals surface area contributed by atoms with Crippen molar-refractivity contribution in [2.24, 2.45) is 0 Å². The first-order valence-corrected chi connectivity index (χ1v) is 11.1. The van der Waals surface area contributed by atoms with E-state index >= 15 is 0 Å². The average molecular weight is 446 g/mol. The van der Waals surface area contributed by atoms with Gasteiger partial charge in [-0.3, -0.25) is 9.20 Å². The summed E-state index contributed by atoms with van der Waals surface area (Å²) in [6.07, 6.45) is 5.97. The number of thiazole rings is 1. The number of amides is 1. The van der Waals surface area contributed by atoms with Crippen LogP contribution in [-0.4, -0.2) is 36.6 Å². The Bertz CT molecular complexity index is 1400. The number of carbonyl (C=O) groups excluding carboxylic acids is 1. The highest BCUT2D eigenvalue weighted by Crippen LogP contribution is 2.23. The molecular formula is C24H23N5O2S. The molecule has 5 rings (SSSR count). The van der Waals surface area contributed by atoms with Gasteiger partial charge >= 0.3 is 0 Å². The van der Waals surface area contributed by atoms with Gasteiger partial charge in [-0.25, -0.2) is 9.97 Å². The highest BCUT2D eigenvalue weighted by Gasteiger charge is 2.18. The Morgan fingerprint density at radius 3 is 2.84 bits per heavy atom. The largest absolute Gasteiger partial charge is 0.487 e. The first-order chi connectivity index (χ1) is 15.5. The topological polar surface area (TPSA) is 64.1 Å². The predicted octanol–water partition coefficient (Wildman–Crippen LogP) is 4.51. The first kappa shape index (κ1) is 20.3. The molecular weight excluding hydrogens is 422 g/mol. The van der Waals surface area contributed by atoms with E-state index in [0.29, 0.717) is 24.5 Å². The van der Waals surface area contributed by atoms with Crippen molar-refractivity contribution < 1.29 is 9.53 Å². The molecule has 0 fully saturated rings. The summed E-state index contributed by atoms with van der Waals surface area (Å²) >= 11 is 1.65. The van der Waals surface area contributed by atoms with Gasteiger partial charge in [-0.05, 0) is 44.2 Å². The molecule has 7 nitrogen and oxygen atoms in total. The summed E-state index contributed by atoms with van der Waals surface area (Å²) in [6.45, 7) is 4.86. The molecule has 0 radical (unpaired) electrons. The molecule has 162 valence electrons. The van der Waals surface area contributed by atoms with Crippen molar-refractivity contribution >= 4 is 27.9 Å². The molecule has 0 atom stereocenters. The molecule has 4 aromatic heterocycles. The van der Waals surface area contributed by atoms with Gasteiger partial charge in [0.15, 0.2) is 4.96 Å². The molecule has 1 amide bonds. The summed E-state index contributed by atoms with van der Waals surface area (Å²) in [5.74, 6) is 0.571. The average Bonchev–Trinajstić information content (AvgIpc) is 3.45. The fraction of sp³-hybridized carbons (Fsp3) is 0.208. The Morgan fingerprint density at radius 1 is 1.12 bits per heavy atom. The van der Waals surface area contributed by atoms with Crippen LogP contribution >= 0.6 is 11.3 Å². The lowest BCUT2D eigenvalue weighted by molar-refractivity contribution is 0.0782. The molecule has 0 spiro atoms. The molecule has 0 saturated carbocycles. The maximum Gasteiger partial charge on any atom is 0.254 e. The third-order valence-electron chi connectivity index (χ3n) is 5.36. The lowest BCUT2D eigenvalue weighted by Crippen LogP contribution is -2.27. The zero-order valence-corrected chi connectivity index (χ0v) is 19.0. The quantitative estimate of drug-likeness (QED) is 0.386. The van der Waals surface area contributed by atoms with Crippen molar-refractivity contribution in [3.63, 3.8) is 0 Å². The van der Waals surface area contributed by atoms with E-state index in [0.717, 1.165) is 27.7 Å². The molecule has 0 saturated heterocycles. The van der Waals surface area contributed by atoms with E-state index in [-0.39, 0.29) is 5.91 Å². The molecule has 8 heteroatoms. The smallest absolute Gasteiger partial charge is 0.254 e. The zero-order chi connectivity index (χ0) is 22.2. The number of hydrogen-bond acceptors (Lipinski definition) is 5. The molecule has 0 unspecified atom stereocenters. The summed E-state index contributed by atoms with van der Waals surface area (Å²) < 4.78 is 9.95. The van der Waals surface area contributed by atoms with Gasteiger partial charge in [0.1, 0.15) is 18.0 Å². The number of benzene rings is 1. The van der Waals surface area contributed by atoms with E-state index in [1.807, 2.05) is 67.2 Å². The Balaban J connectivity index is 1.29. The number of nitrogens with zero attached hydrogens (tertiary/aromatic N) is 5. The van der Waals surface area contributed by atoms with Gasteiger partial charge in [0.2, 0.25) is 0 Å². The molecule has 0 aliphatic rings. The Kier molecular flexibility index (Phi) is 5.14. The van der Waals surface area contributed by atoms with Crippen LogP contribution in [0.2, 0.25) is 0 Å². The Morgan fingerprint density at radius 2 is 2.00 bits per heavy atom. The van der Waals surface area contributed by atoms with Gasteiger partial charge in [0.25, 0.3) is 5.91 Å². The first-order valence-electron chi connectivity index (χ1n) is 10.3. The zero-order valence-electron chi connectivity index (χ0n) is 18.1. The second-order valence-electron chi connectivity index (χ2n) is 7.81.